The molecule has 1 aliphatic rings. The second kappa shape index (κ2) is 4.43. The fourth-order valence-corrected chi connectivity index (χ4v) is 2.18. The van der Waals surface area contributed by atoms with Crippen molar-refractivity contribution in [1.82, 2.24) is 25.1 Å². The molecule has 0 amide bonds. The lowest BCUT2D eigenvalue weighted by Crippen LogP contribution is -2.13. The zero-order valence-corrected chi connectivity index (χ0v) is 9.93. The van der Waals surface area contributed by atoms with Gasteiger partial charge in [-0.1, -0.05) is 0 Å². The van der Waals surface area contributed by atoms with E-state index >= 15 is 0 Å². The van der Waals surface area contributed by atoms with Gasteiger partial charge in [0.15, 0.2) is 0 Å². The highest BCUT2D eigenvalue weighted by molar-refractivity contribution is 6.28. The maximum atomic E-state index is 5.77. The van der Waals surface area contributed by atoms with E-state index in [1.807, 2.05) is 23.1 Å². The lowest BCUT2D eigenvalue weighted by Gasteiger charge is -2.07. The Balaban J connectivity index is 1.89. The molecular weight excluding hydrogens is 238 g/mol. The van der Waals surface area contributed by atoms with E-state index < -0.39 is 0 Å². The average Bonchev–Trinajstić information content (AvgIpc) is 3.00. The average molecular weight is 250 g/mol. The van der Waals surface area contributed by atoms with Crippen LogP contribution in [0.3, 0.4) is 0 Å². The monoisotopic (exact) mass is 249 g/mol. The minimum Gasteiger partial charge on any atom is -0.315 e. The van der Waals surface area contributed by atoms with Crippen molar-refractivity contribution in [3.8, 4) is 11.3 Å². The topological polar surface area (TPSA) is 55.6 Å². The van der Waals surface area contributed by atoms with Crippen LogP contribution in [0.5, 0.6) is 0 Å². The van der Waals surface area contributed by atoms with Gasteiger partial charge in [0.25, 0.3) is 0 Å². The number of nitrogens with zero attached hydrogens (tertiary/aromatic N) is 4. The first-order valence-electron chi connectivity index (χ1n) is 5.57. The molecule has 1 aliphatic heterocycles. The lowest BCUT2D eigenvalue weighted by molar-refractivity contribution is 0.491. The Kier molecular flexibility index (Phi) is 2.78. The van der Waals surface area contributed by atoms with Gasteiger partial charge in [-0.3, -0.25) is 4.68 Å². The number of aromatic nitrogens is 4. The molecule has 1 saturated heterocycles. The third-order valence-electron chi connectivity index (χ3n) is 2.93. The Morgan fingerprint density at radius 2 is 2.41 bits per heavy atom. The summed E-state index contributed by atoms with van der Waals surface area (Å²) in [5, 5.41) is 7.96. The predicted molar refractivity (Wildman–Crippen MR) is 64.8 cm³/mol. The second-order valence-electron chi connectivity index (χ2n) is 4.07. The summed E-state index contributed by atoms with van der Waals surface area (Å²) in [4.78, 5) is 8.04. The minimum atomic E-state index is 0.262. The highest BCUT2D eigenvalue weighted by Gasteiger charge is 2.17. The SMILES string of the molecule is Clc1nccc(-c2cnn(C3CCNC3)c2)n1. The molecule has 1 atom stereocenters. The summed E-state index contributed by atoms with van der Waals surface area (Å²) >= 11 is 5.77. The summed E-state index contributed by atoms with van der Waals surface area (Å²) in [6, 6.07) is 2.28. The molecule has 3 heterocycles. The molecule has 1 unspecified atom stereocenters. The minimum absolute atomic E-state index is 0.262. The van der Waals surface area contributed by atoms with Gasteiger partial charge in [-0.2, -0.15) is 5.10 Å². The van der Waals surface area contributed by atoms with Gasteiger partial charge >= 0.3 is 0 Å². The van der Waals surface area contributed by atoms with Crippen molar-refractivity contribution in [3.05, 3.63) is 29.9 Å². The van der Waals surface area contributed by atoms with Gasteiger partial charge in [-0.15, -0.1) is 0 Å². The Hall–Kier alpha value is -1.46. The molecule has 0 saturated carbocycles. The van der Waals surface area contributed by atoms with Crippen molar-refractivity contribution in [1.29, 1.82) is 0 Å². The van der Waals surface area contributed by atoms with Gasteiger partial charge in [-0.05, 0) is 30.6 Å². The van der Waals surface area contributed by atoms with Gasteiger partial charge in [-0.25, -0.2) is 9.97 Å². The fraction of sp³-hybridized carbons (Fsp3) is 0.364. The number of nitrogens with one attached hydrogen (secondary N) is 1. The highest BCUT2D eigenvalue weighted by atomic mass is 35.5. The van der Waals surface area contributed by atoms with E-state index in [1.54, 1.807) is 6.20 Å². The Bertz CT molecular complexity index is 518. The largest absolute Gasteiger partial charge is 0.315 e. The molecule has 3 rings (SSSR count). The summed E-state index contributed by atoms with van der Waals surface area (Å²) < 4.78 is 1.99. The van der Waals surface area contributed by atoms with Crippen molar-refractivity contribution in [3.63, 3.8) is 0 Å². The van der Waals surface area contributed by atoms with Crippen molar-refractivity contribution < 1.29 is 0 Å². The van der Waals surface area contributed by atoms with E-state index in [9.17, 15) is 0 Å². The maximum absolute atomic E-state index is 5.77. The summed E-state index contributed by atoms with van der Waals surface area (Å²) in [5.74, 6) is 0. The Morgan fingerprint density at radius 1 is 1.47 bits per heavy atom. The van der Waals surface area contributed by atoms with Crippen LogP contribution in [-0.4, -0.2) is 32.8 Å². The molecule has 1 fully saturated rings. The summed E-state index contributed by atoms with van der Waals surface area (Å²) in [7, 11) is 0. The van der Waals surface area contributed by atoms with Crippen LogP contribution in [0.2, 0.25) is 5.28 Å². The standard InChI is InChI=1S/C11H12ClN5/c12-11-14-4-2-10(16-11)8-5-15-17(7-8)9-1-3-13-6-9/h2,4-5,7,9,13H,1,3,6H2. The van der Waals surface area contributed by atoms with E-state index in [1.165, 1.54) is 0 Å². The maximum Gasteiger partial charge on any atom is 0.222 e. The van der Waals surface area contributed by atoms with Crippen LogP contribution in [0.4, 0.5) is 0 Å². The molecule has 0 aliphatic carbocycles. The fourth-order valence-electron chi connectivity index (χ4n) is 2.03. The number of rotatable bonds is 2. The van der Waals surface area contributed by atoms with Crippen LogP contribution in [0.25, 0.3) is 11.3 Å². The van der Waals surface area contributed by atoms with Crippen LogP contribution < -0.4 is 5.32 Å². The van der Waals surface area contributed by atoms with E-state index in [-0.39, 0.29) is 5.28 Å². The molecule has 17 heavy (non-hydrogen) atoms. The van der Waals surface area contributed by atoms with Crippen LogP contribution in [0.1, 0.15) is 12.5 Å². The van der Waals surface area contributed by atoms with Gasteiger partial charge in [0.05, 0.1) is 17.9 Å². The van der Waals surface area contributed by atoms with E-state index in [0.717, 1.165) is 30.8 Å². The van der Waals surface area contributed by atoms with E-state index in [0.29, 0.717) is 6.04 Å². The predicted octanol–water partition coefficient (Wildman–Crippen LogP) is 1.53. The number of hydrogen-bond donors (Lipinski definition) is 1. The third-order valence-corrected chi connectivity index (χ3v) is 3.11. The summed E-state index contributed by atoms with van der Waals surface area (Å²) in [5.41, 5.74) is 1.78. The summed E-state index contributed by atoms with van der Waals surface area (Å²) in [6.45, 7) is 2.03. The van der Waals surface area contributed by atoms with E-state index in [2.05, 4.69) is 20.4 Å². The van der Waals surface area contributed by atoms with Gasteiger partial charge in [0, 0.05) is 24.5 Å². The normalized spacial score (nSPS) is 19.7. The third kappa shape index (κ3) is 2.16. The molecule has 5 nitrogen and oxygen atoms in total. The molecule has 2 aromatic rings. The van der Waals surface area contributed by atoms with Crippen LogP contribution in [0, 0.1) is 0 Å². The second-order valence-corrected chi connectivity index (χ2v) is 4.40. The first-order valence-corrected chi connectivity index (χ1v) is 5.94. The molecular formula is C11H12ClN5. The first kappa shape index (κ1) is 10.7. The number of halogens is 1. The van der Waals surface area contributed by atoms with Crippen molar-refractivity contribution >= 4 is 11.6 Å². The first-order chi connectivity index (χ1) is 8.33. The molecule has 2 aromatic heterocycles. The van der Waals surface area contributed by atoms with Gasteiger partial charge in [0.2, 0.25) is 5.28 Å². The number of hydrogen-bond acceptors (Lipinski definition) is 4. The van der Waals surface area contributed by atoms with Crippen LogP contribution in [0.15, 0.2) is 24.7 Å². The molecule has 0 spiro atoms. The van der Waals surface area contributed by atoms with Gasteiger partial charge in [0.1, 0.15) is 0 Å². The quantitative estimate of drug-likeness (QED) is 0.820. The van der Waals surface area contributed by atoms with Crippen molar-refractivity contribution in [2.75, 3.05) is 13.1 Å². The zero-order valence-electron chi connectivity index (χ0n) is 9.17. The summed E-state index contributed by atoms with van der Waals surface area (Å²) in [6.07, 6.45) is 6.60. The zero-order chi connectivity index (χ0) is 11.7. The van der Waals surface area contributed by atoms with E-state index in [4.69, 9.17) is 11.6 Å². The Morgan fingerprint density at radius 3 is 3.18 bits per heavy atom. The molecule has 1 N–H and O–H groups in total. The molecule has 0 aromatic carbocycles. The van der Waals surface area contributed by atoms with Crippen molar-refractivity contribution in [2.45, 2.75) is 12.5 Å². The van der Waals surface area contributed by atoms with Crippen LogP contribution in [-0.2, 0) is 0 Å². The molecule has 0 radical (unpaired) electrons. The smallest absolute Gasteiger partial charge is 0.222 e. The highest BCUT2D eigenvalue weighted by Crippen LogP contribution is 2.20. The Labute approximate surface area is 104 Å². The molecule has 88 valence electrons. The van der Waals surface area contributed by atoms with Crippen molar-refractivity contribution in [2.24, 2.45) is 0 Å². The van der Waals surface area contributed by atoms with Gasteiger partial charge < -0.3 is 5.32 Å². The molecule has 6 heteroatoms. The lowest BCUT2D eigenvalue weighted by atomic mass is 10.2. The molecule has 0 bridgehead atoms. The van der Waals surface area contributed by atoms with Crippen LogP contribution >= 0.6 is 11.6 Å².